The number of carboxylic acid groups (broad SMARTS) is 2. The standard InChI is InChI=1S/C23H34O4.C21H26O2.C20H28O4.2CH4/c1-6-7-8-12-18-15-20(27-5)19(22(24)21(18)23(25)26)14-13-17(4)11-9-10-16(2)3;1-5-6-7-8-15-12-18(22)20-16-11-14(2)9-10-17(16)21(3,4)23-19(20)13-15;1-5-7-15-12-17(21)16(19(22)18(15)20(23)24)11-10-14(4)9-6-8-13(2)3;;/h10,13,15,24H,6-9,11-12,14H2,1-5H3,(H,25,26);9-13,22H,5-8H2,1-4H3;8,10,12,21-22H,5-7,9,11H2,1-4H3,(H,23,24);2*1H4/b17-13+;;14-10+;;. The van der Waals surface area contributed by atoms with Crippen molar-refractivity contribution in [3.05, 3.63) is 139 Å². The number of ether oxygens (including phenoxy) is 2. The van der Waals surface area contributed by atoms with Crippen LogP contribution in [0.1, 0.15) is 221 Å². The first-order chi connectivity index (χ1) is 35.0. The Morgan fingerprint density at radius 2 is 1.13 bits per heavy atom. The zero-order valence-corrected chi connectivity index (χ0v) is 47.0. The Hall–Kier alpha value is -6.42. The number of carbonyl (C=O) groups is 2. The van der Waals surface area contributed by atoms with E-state index in [0.29, 0.717) is 53.9 Å². The normalized spacial score (nSPS) is 12.1. The van der Waals surface area contributed by atoms with E-state index in [1.807, 2.05) is 32.1 Å². The minimum atomic E-state index is -1.17. The van der Waals surface area contributed by atoms with E-state index in [4.69, 9.17) is 9.47 Å². The number of carboxylic acids is 2. The summed E-state index contributed by atoms with van der Waals surface area (Å²) < 4.78 is 11.7. The number of unbranched alkanes of at least 4 members (excludes halogenated alkanes) is 4. The van der Waals surface area contributed by atoms with Crippen LogP contribution >= 0.6 is 0 Å². The van der Waals surface area contributed by atoms with E-state index in [-0.39, 0.29) is 54.4 Å². The summed E-state index contributed by atoms with van der Waals surface area (Å²) >= 11 is 0. The lowest BCUT2D eigenvalue weighted by atomic mass is 9.84. The van der Waals surface area contributed by atoms with Gasteiger partial charge >= 0.3 is 11.9 Å². The fourth-order valence-corrected chi connectivity index (χ4v) is 9.16. The quantitative estimate of drug-likeness (QED) is 0.0310. The fraction of sp³-hybridized carbons (Fsp3) is 0.485. The van der Waals surface area contributed by atoms with Crippen LogP contribution in [0.3, 0.4) is 0 Å². The van der Waals surface area contributed by atoms with Crippen LogP contribution in [0.25, 0.3) is 11.1 Å². The Morgan fingerprint density at radius 3 is 1.63 bits per heavy atom. The van der Waals surface area contributed by atoms with Crippen LogP contribution in [0.4, 0.5) is 0 Å². The molecule has 1 aliphatic heterocycles. The van der Waals surface area contributed by atoms with Crippen molar-refractivity contribution >= 4 is 11.9 Å². The predicted octanol–water partition coefficient (Wildman–Crippen LogP) is 18.1. The molecule has 0 bridgehead atoms. The summed E-state index contributed by atoms with van der Waals surface area (Å²) in [6.07, 6.45) is 22.2. The minimum Gasteiger partial charge on any atom is -0.508 e. The van der Waals surface area contributed by atoms with E-state index < -0.39 is 11.9 Å². The molecule has 1 aliphatic rings. The number of phenols is 4. The largest absolute Gasteiger partial charge is 0.508 e. The van der Waals surface area contributed by atoms with Gasteiger partial charge in [-0.2, -0.15) is 0 Å². The Bertz CT molecular complexity index is 2650. The van der Waals surface area contributed by atoms with Crippen molar-refractivity contribution in [3.8, 4) is 45.6 Å². The van der Waals surface area contributed by atoms with Gasteiger partial charge in [0.25, 0.3) is 0 Å². The number of fused-ring (bicyclic) bond motifs is 3. The predicted molar refractivity (Wildman–Crippen MR) is 316 cm³/mol. The first-order valence-corrected chi connectivity index (χ1v) is 26.7. The van der Waals surface area contributed by atoms with Gasteiger partial charge in [-0.05, 0) is 179 Å². The van der Waals surface area contributed by atoms with E-state index >= 15 is 0 Å². The molecule has 0 fully saturated rings. The fourth-order valence-electron chi connectivity index (χ4n) is 9.16. The maximum Gasteiger partial charge on any atom is 0.339 e. The van der Waals surface area contributed by atoms with Crippen molar-refractivity contribution in [1.82, 2.24) is 0 Å². The highest BCUT2D eigenvalue weighted by molar-refractivity contribution is 5.94. The number of allylic oxidation sites excluding steroid dienone is 8. The molecule has 0 radical (unpaired) electrons. The lowest BCUT2D eigenvalue weighted by Gasteiger charge is -2.35. The highest BCUT2D eigenvalue weighted by atomic mass is 16.5. The maximum absolute atomic E-state index is 11.7. The van der Waals surface area contributed by atoms with E-state index in [9.17, 15) is 40.2 Å². The Kier molecular flexibility index (Phi) is 29.3. The van der Waals surface area contributed by atoms with Gasteiger partial charge in [0, 0.05) is 16.7 Å². The molecule has 0 saturated heterocycles. The highest BCUT2D eigenvalue weighted by Crippen LogP contribution is 2.50. The molecule has 10 heteroatoms. The summed E-state index contributed by atoms with van der Waals surface area (Å²) in [5.41, 5.74) is 11.8. The minimum absolute atomic E-state index is 0. The summed E-state index contributed by atoms with van der Waals surface area (Å²) in [6.45, 7) is 24.8. The Labute approximate surface area is 458 Å². The molecule has 0 aromatic heterocycles. The molecule has 0 saturated carbocycles. The maximum atomic E-state index is 11.7. The Morgan fingerprint density at radius 1 is 0.618 bits per heavy atom. The number of hydrogen-bond acceptors (Lipinski definition) is 8. The summed E-state index contributed by atoms with van der Waals surface area (Å²) in [5.74, 6) is -1.10. The topological polar surface area (TPSA) is 174 Å². The zero-order valence-electron chi connectivity index (χ0n) is 47.0. The van der Waals surface area contributed by atoms with Crippen LogP contribution in [0.15, 0.2) is 89.1 Å². The van der Waals surface area contributed by atoms with Crippen LogP contribution in [-0.2, 0) is 37.7 Å². The SMILES string of the molecule is C.C.CCCCCc1cc(O)c2c(c1)OC(C)(C)c1ccc(C)cc1-2.CCCCCc1cc(OC)c(C/C=C(\C)CCC=C(C)C)c(O)c1C(=O)O.CCCc1cc(O)c(C/C=C(\C)CCC=C(C)C)c(O)c1C(=O)O. The average molecular weight is 1050 g/mol. The molecule has 1 heterocycles. The first kappa shape index (κ1) is 67.6. The highest BCUT2D eigenvalue weighted by Gasteiger charge is 2.34. The number of aryl methyl sites for hydroxylation is 4. The summed E-state index contributed by atoms with van der Waals surface area (Å²) in [7, 11) is 1.56. The van der Waals surface area contributed by atoms with Crippen molar-refractivity contribution in [3.63, 3.8) is 0 Å². The second-order valence-corrected chi connectivity index (χ2v) is 20.8. The molecule has 0 unspecified atom stereocenters. The summed E-state index contributed by atoms with van der Waals surface area (Å²) in [6, 6.07) is 13.6. The van der Waals surface area contributed by atoms with Crippen molar-refractivity contribution in [2.45, 2.75) is 206 Å². The molecule has 0 amide bonds. The summed E-state index contributed by atoms with van der Waals surface area (Å²) in [5, 5.41) is 60.8. The number of phenolic OH excluding ortho intramolecular Hbond substituents is 2. The lowest BCUT2D eigenvalue weighted by molar-refractivity contribution is 0.0680. The monoisotopic (exact) mass is 1050 g/mol. The van der Waals surface area contributed by atoms with Gasteiger partial charge < -0.3 is 40.1 Å². The van der Waals surface area contributed by atoms with Crippen molar-refractivity contribution < 1.29 is 49.7 Å². The molecule has 4 aromatic rings. The molecule has 10 nitrogen and oxygen atoms in total. The van der Waals surface area contributed by atoms with E-state index in [1.54, 1.807) is 13.2 Å². The van der Waals surface area contributed by atoms with E-state index in [2.05, 4.69) is 106 Å². The van der Waals surface area contributed by atoms with Gasteiger partial charge in [0.1, 0.15) is 51.2 Å². The van der Waals surface area contributed by atoms with Crippen molar-refractivity contribution in [2.24, 2.45) is 0 Å². The molecular weight excluding hydrogens is 953 g/mol. The molecule has 420 valence electrons. The lowest BCUT2D eigenvalue weighted by Crippen LogP contribution is -2.29. The number of benzene rings is 4. The number of methoxy groups -OCH3 is 1. The zero-order chi connectivity index (χ0) is 55.3. The number of rotatable bonds is 23. The van der Waals surface area contributed by atoms with Gasteiger partial charge in [0.2, 0.25) is 0 Å². The van der Waals surface area contributed by atoms with E-state index in [1.165, 1.54) is 41.2 Å². The van der Waals surface area contributed by atoms with Gasteiger partial charge in [-0.1, -0.05) is 138 Å². The first-order valence-electron chi connectivity index (χ1n) is 26.7. The number of hydrogen-bond donors (Lipinski definition) is 6. The molecule has 5 rings (SSSR count). The summed E-state index contributed by atoms with van der Waals surface area (Å²) in [4.78, 5) is 23.2. The van der Waals surface area contributed by atoms with Gasteiger partial charge in [-0.25, -0.2) is 9.59 Å². The molecule has 76 heavy (non-hydrogen) atoms. The van der Waals surface area contributed by atoms with Gasteiger partial charge in [-0.15, -0.1) is 0 Å². The van der Waals surface area contributed by atoms with Crippen LogP contribution < -0.4 is 9.47 Å². The second kappa shape index (κ2) is 32.9. The third-order valence-electron chi connectivity index (χ3n) is 13.3. The molecule has 4 aromatic carbocycles. The second-order valence-electron chi connectivity index (χ2n) is 20.8. The van der Waals surface area contributed by atoms with Crippen LogP contribution in [-0.4, -0.2) is 49.7 Å². The van der Waals surface area contributed by atoms with Gasteiger partial charge in [-0.3, -0.25) is 0 Å². The van der Waals surface area contributed by atoms with Crippen LogP contribution in [0, 0.1) is 6.92 Å². The van der Waals surface area contributed by atoms with E-state index in [0.717, 1.165) is 97.8 Å². The van der Waals surface area contributed by atoms with Crippen molar-refractivity contribution in [1.29, 1.82) is 0 Å². The molecule has 6 N–H and O–H groups in total. The smallest absolute Gasteiger partial charge is 0.339 e. The number of aromatic hydroxyl groups is 4. The Balaban J connectivity index is 0.000000564. The molecular formula is C66H96O10. The van der Waals surface area contributed by atoms with Crippen LogP contribution in [0.5, 0.6) is 34.5 Å². The third-order valence-corrected chi connectivity index (χ3v) is 13.3. The third kappa shape index (κ3) is 19.9. The molecule has 0 atom stereocenters. The van der Waals surface area contributed by atoms with Gasteiger partial charge in [0.05, 0.1) is 12.7 Å². The van der Waals surface area contributed by atoms with Crippen LogP contribution in [0.2, 0.25) is 0 Å². The van der Waals surface area contributed by atoms with Crippen molar-refractivity contribution in [2.75, 3.05) is 7.11 Å². The number of aromatic carboxylic acids is 2. The molecule has 0 aliphatic carbocycles. The average Bonchev–Trinajstić information content (AvgIpc) is 3.30. The van der Waals surface area contributed by atoms with Gasteiger partial charge in [0.15, 0.2) is 0 Å². The molecule has 0 spiro atoms.